The molecule has 0 atom stereocenters. The normalized spacial score (nSPS) is 10.1. The highest BCUT2D eigenvalue weighted by Crippen LogP contribution is 2.14. The fourth-order valence-electron chi connectivity index (χ4n) is 1.13. The van der Waals surface area contributed by atoms with Crippen LogP contribution in [0.4, 0.5) is 0 Å². The molecule has 0 aliphatic heterocycles. The number of hydrogen-bond acceptors (Lipinski definition) is 2. The van der Waals surface area contributed by atoms with Crippen molar-refractivity contribution in [2.75, 3.05) is 0 Å². The first-order valence-corrected chi connectivity index (χ1v) is 4.38. The van der Waals surface area contributed by atoms with Gasteiger partial charge in [0.05, 0.1) is 0 Å². The zero-order valence-electron chi connectivity index (χ0n) is 7.99. The van der Waals surface area contributed by atoms with Crippen LogP contribution < -0.4 is 0 Å². The molecule has 0 radical (unpaired) electrons. The van der Waals surface area contributed by atoms with Crippen LogP contribution in [0.3, 0.4) is 0 Å². The standard InChI is InChI=1S/C11H14O2/c1-9(2)11-5-3-10(4-6-11)7-13-8-12/h3-6,8-9H,7H2,1-2H3. The van der Waals surface area contributed by atoms with E-state index in [0.717, 1.165) is 5.56 Å². The van der Waals surface area contributed by atoms with Gasteiger partial charge in [-0.15, -0.1) is 0 Å². The van der Waals surface area contributed by atoms with E-state index in [0.29, 0.717) is 19.0 Å². The summed E-state index contributed by atoms with van der Waals surface area (Å²) >= 11 is 0. The van der Waals surface area contributed by atoms with Gasteiger partial charge in [0, 0.05) is 0 Å². The van der Waals surface area contributed by atoms with E-state index in [1.165, 1.54) is 5.56 Å². The highest BCUT2D eigenvalue weighted by atomic mass is 16.5. The fraction of sp³-hybridized carbons (Fsp3) is 0.364. The lowest BCUT2D eigenvalue weighted by Crippen LogP contribution is -1.92. The largest absolute Gasteiger partial charge is 0.463 e. The average molecular weight is 178 g/mol. The van der Waals surface area contributed by atoms with Crippen molar-refractivity contribution in [2.24, 2.45) is 0 Å². The number of benzene rings is 1. The smallest absolute Gasteiger partial charge is 0.293 e. The SMILES string of the molecule is CC(C)c1ccc(COC=O)cc1. The molecule has 0 heterocycles. The number of ether oxygens (including phenoxy) is 1. The second kappa shape index (κ2) is 4.65. The van der Waals surface area contributed by atoms with E-state index >= 15 is 0 Å². The van der Waals surface area contributed by atoms with Crippen molar-refractivity contribution in [3.8, 4) is 0 Å². The monoisotopic (exact) mass is 178 g/mol. The maximum atomic E-state index is 9.93. The van der Waals surface area contributed by atoms with Crippen LogP contribution in [0.15, 0.2) is 24.3 Å². The molecule has 1 aromatic carbocycles. The zero-order chi connectivity index (χ0) is 9.68. The van der Waals surface area contributed by atoms with E-state index in [9.17, 15) is 4.79 Å². The third kappa shape index (κ3) is 2.90. The summed E-state index contributed by atoms with van der Waals surface area (Å²) < 4.78 is 4.64. The van der Waals surface area contributed by atoms with E-state index < -0.39 is 0 Å². The molecule has 0 aliphatic carbocycles. The Morgan fingerprint density at radius 1 is 1.31 bits per heavy atom. The molecule has 2 nitrogen and oxygen atoms in total. The fourth-order valence-corrected chi connectivity index (χ4v) is 1.13. The molecule has 0 aromatic heterocycles. The molecule has 0 bridgehead atoms. The molecule has 0 aliphatic rings. The second-order valence-electron chi connectivity index (χ2n) is 3.30. The Bertz CT molecular complexity index is 262. The van der Waals surface area contributed by atoms with Gasteiger partial charge in [-0.05, 0) is 17.0 Å². The van der Waals surface area contributed by atoms with Gasteiger partial charge in [-0.3, -0.25) is 4.79 Å². The molecule has 1 aromatic rings. The summed E-state index contributed by atoms with van der Waals surface area (Å²) in [6.45, 7) is 5.13. The van der Waals surface area contributed by atoms with Crippen LogP contribution in [0, 0.1) is 0 Å². The van der Waals surface area contributed by atoms with Crippen LogP contribution >= 0.6 is 0 Å². The molecule has 1 rings (SSSR count). The molecule has 0 unspecified atom stereocenters. The summed E-state index contributed by atoms with van der Waals surface area (Å²) in [6.07, 6.45) is 0. The minimum absolute atomic E-state index is 0.363. The Morgan fingerprint density at radius 3 is 2.38 bits per heavy atom. The van der Waals surface area contributed by atoms with Gasteiger partial charge in [-0.1, -0.05) is 38.1 Å². The van der Waals surface area contributed by atoms with Crippen LogP contribution in [0.25, 0.3) is 0 Å². The van der Waals surface area contributed by atoms with Gasteiger partial charge in [0.2, 0.25) is 0 Å². The minimum Gasteiger partial charge on any atom is -0.463 e. The molecule has 0 spiro atoms. The van der Waals surface area contributed by atoms with Crippen molar-refractivity contribution < 1.29 is 9.53 Å². The van der Waals surface area contributed by atoms with Gasteiger partial charge >= 0.3 is 0 Å². The molecule has 2 heteroatoms. The van der Waals surface area contributed by atoms with Gasteiger partial charge in [0.25, 0.3) is 6.47 Å². The first-order chi connectivity index (χ1) is 6.24. The zero-order valence-corrected chi connectivity index (χ0v) is 7.99. The number of carbonyl (C=O) groups excluding carboxylic acids is 1. The Kier molecular flexibility index (Phi) is 3.50. The summed E-state index contributed by atoms with van der Waals surface area (Å²) in [5.74, 6) is 0.543. The van der Waals surface area contributed by atoms with Crippen molar-refractivity contribution in [3.63, 3.8) is 0 Å². The number of carbonyl (C=O) groups is 1. The topological polar surface area (TPSA) is 26.3 Å². The molecule has 70 valence electrons. The van der Waals surface area contributed by atoms with Gasteiger partial charge < -0.3 is 4.74 Å². The lowest BCUT2D eigenvalue weighted by atomic mass is 10.0. The van der Waals surface area contributed by atoms with E-state index in [2.05, 4.69) is 30.7 Å². The van der Waals surface area contributed by atoms with Crippen LogP contribution in [0.5, 0.6) is 0 Å². The van der Waals surface area contributed by atoms with Crippen molar-refractivity contribution in [2.45, 2.75) is 26.4 Å². The molecule has 0 N–H and O–H groups in total. The first-order valence-electron chi connectivity index (χ1n) is 4.38. The van der Waals surface area contributed by atoms with Crippen LogP contribution in [-0.2, 0) is 16.1 Å². The molecule has 13 heavy (non-hydrogen) atoms. The number of hydrogen-bond donors (Lipinski definition) is 0. The van der Waals surface area contributed by atoms with Gasteiger partial charge in [0.15, 0.2) is 0 Å². The average Bonchev–Trinajstić information content (AvgIpc) is 2.15. The summed E-state index contributed by atoms with van der Waals surface area (Å²) in [4.78, 5) is 9.93. The second-order valence-corrected chi connectivity index (χ2v) is 3.30. The minimum atomic E-state index is 0.363. The van der Waals surface area contributed by atoms with Crippen molar-refractivity contribution in [1.82, 2.24) is 0 Å². The van der Waals surface area contributed by atoms with E-state index in [-0.39, 0.29) is 0 Å². The summed E-state index contributed by atoms with van der Waals surface area (Å²) in [7, 11) is 0. The highest BCUT2D eigenvalue weighted by Gasteiger charge is 1.98. The van der Waals surface area contributed by atoms with Crippen LogP contribution in [0.2, 0.25) is 0 Å². The summed E-state index contributed by atoms with van der Waals surface area (Å²) in [6, 6.07) is 8.10. The van der Waals surface area contributed by atoms with Gasteiger partial charge in [0.1, 0.15) is 6.61 Å². The third-order valence-corrected chi connectivity index (χ3v) is 1.96. The van der Waals surface area contributed by atoms with E-state index in [4.69, 9.17) is 0 Å². The molecule has 0 amide bonds. The highest BCUT2D eigenvalue weighted by molar-refractivity contribution is 5.37. The Labute approximate surface area is 78.5 Å². The molecule has 0 saturated heterocycles. The molecular formula is C11H14O2. The summed E-state index contributed by atoms with van der Waals surface area (Å²) in [5.41, 5.74) is 2.33. The van der Waals surface area contributed by atoms with E-state index in [1.807, 2.05) is 12.1 Å². The maximum absolute atomic E-state index is 9.93. The lowest BCUT2D eigenvalue weighted by Gasteiger charge is -2.05. The Hall–Kier alpha value is -1.31. The summed E-state index contributed by atoms with van der Waals surface area (Å²) in [5, 5.41) is 0. The van der Waals surface area contributed by atoms with Crippen LogP contribution in [0.1, 0.15) is 30.9 Å². The maximum Gasteiger partial charge on any atom is 0.293 e. The van der Waals surface area contributed by atoms with Crippen molar-refractivity contribution in [1.29, 1.82) is 0 Å². The quantitative estimate of drug-likeness (QED) is 0.662. The van der Waals surface area contributed by atoms with Crippen LogP contribution in [-0.4, -0.2) is 6.47 Å². The van der Waals surface area contributed by atoms with Crippen molar-refractivity contribution >= 4 is 6.47 Å². The van der Waals surface area contributed by atoms with Gasteiger partial charge in [-0.2, -0.15) is 0 Å². The predicted molar refractivity (Wildman–Crippen MR) is 51.4 cm³/mol. The van der Waals surface area contributed by atoms with E-state index in [1.54, 1.807) is 0 Å². The molecular weight excluding hydrogens is 164 g/mol. The third-order valence-electron chi connectivity index (χ3n) is 1.96. The Morgan fingerprint density at radius 2 is 1.92 bits per heavy atom. The molecule has 0 saturated carbocycles. The van der Waals surface area contributed by atoms with Gasteiger partial charge in [-0.25, -0.2) is 0 Å². The number of rotatable bonds is 4. The van der Waals surface area contributed by atoms with Crippen molar-refractivity contribution in [3.05, 3.63) is 35.4 Å². The first kappa shape index (κ1) is 9.78. The lowest BCUT2D eigenvalue weighted by molar-refractivity contribution is -0.129. The molecule has 0 fully saturated rings. The predicted octanol–water partition coefficient (Wildman–Crippen LogP) is 2.48. The Balaban J connectivity index is 2.64.